The molecule has 1 aliphatic rings. The average molecular weight is 391 g/mol. The summed E-state index contributed by atoms with van der Waals surface area (Å²) in [6.07, 6.45) is -0.755. The Bertz CT molecular complexity index is 1020. The second kappa shape index (κ2) is 8.27. The van der Waals surface area contributed by atoms with Gasteiger partial charge in [0.1, 0.15) is 12.2 Å². The fraction of sp³-hybridized carbons (Fsp3) is 0.217. The quantitative estimate of drug-likeness (QED) is 0.599. The van der Waals surface area contributed by atoms with Crippen LogP contribution in [0.5, 0.6) is 5.88 Å². The number of benzene rings is 2. The Hall–Kier alpha value is -3.46. The molecule has 6 heteroatoms. The lowest BCUT2D eigenvalue weighted by molar-refractivity contribution is 0.150. The monoisotopic (exact) mass is 391 g/mol. The van der Waals surface area contributed by atoms with Crippen molar-refractivity contribution in [3.05, 3.63) is 78.0 Å². The molecule has 0 radical (unpaired) electrons. The van der Waals surface area contributed by atoms with Gasteiger partial charge in [0, 0.05) is 30.8 Å². The number of pyridine rings is 1. The molecular formula is C23H19F2N3O. The maximum absolute atomic E-state index is 12.7. The number of alkyl halides is 2. The molecule has 0 saturated carbocycles. The zero-order valence-electron chi connectivity index (χ0n) is 15.6. The van der Waals surface area contributed by atoms with E-state index in [9.17, 15) is 14.0 Å². The van der Waals surface area contributed by atoms with Crippen molar-refractivity contribution in [2.45, 2.75) is 19.0 Å². The summed E-state index contributed by atoms with van der Waals surface area (Å²) in [7, 11) is 0. The molecule has 1 aliphatic heterocycles. The normalized spacial score (nSPS) is 16.1. The van der Waals surface area contributed by atoms with Crippen LogP contribution in [0.15, 0.2) is 66.9 Å². The van der Waals surface area contributed by atoms with Crippen molar-refractivity contribution in [1.82, 2.24) is 4.98 Å². The first-order valence-corrected chi connectivity index (χ1v) is 9.39. The molecule has 2 aromatic carbocycles. The van der Waals surface area contributed by atoms with Gasteiger partial charge in [0.2, 0.25) is 5.88 Å². The number of ether oxygens (including phenoxy) is 1. The van der Waals surface area contributed by atoms with Crippen molar-refractivity contribution >= 4 is 5.69 Å². The molecule has 2 heterocycles. The van der Waals surface area contributed by atoms with E-state index >= 15 is 0 Å². The number of anilines is 1. The van der Waals surface area contributed by atoms with Crippen LogP contribution in [0.25, 0.3) is 11.1 Å². The third kappa shape index (κ3) is 4.19. The minimum Gasteiger partial charge on any atom is -0.472 e. The summed E-state index contributed by atoms with van der Waals surface area (Å²) in [6, 6.07) is 20.9. The minimum atomic E-state index is -2.54. The Morgan fingerprint density at radius 2 is 1.90 bits per heavy atom. The lowest BCUT2D eigenvalue weighted by Gasteiger charge is -2.21. The summed E-state index contributed by atoms with van der Waals surface area (Å²) in [5.74, 6) is 0.333. The van der Waals surface area contributed by atoms with Crippen molar-refractivity contribution < 1.29 is 13.5 Å². The molecule has 4 rings (SSSR count). The molecule has 0 unspecified atom stereocenters. The van der Waals surface area contributed by atoms with Gasteiger partial charge < -0.3 is 9.64 Å². The molecule has 1 aromatic heterocycles. The van der Waals surface area contributed by atoms with Crippen LogP contribution in [0.4, 0.5) is 14.5 Å². The molecular weight excluding hydrogens is 372 g/mol. The second-order valence-corrected chi connectivity index (χ2v) is 6.91. The molecule has 1 atom stereocenters. The van der Waals surface area contributed by atoms with Gasteiger partial charge >= 0.3 is 0 Å². The van der Waals surface area contributed by atoms with Crippen LogP contribution in [0, 0.1) is 11.3 Å². The Labute approximate surface area is 168 Å². The molecule has 0 aliphatic carbocycles. The highest BCUT2D eigenvalue weighted by Crippen LogP contribution is 2.31. The predicted octanol–water partition coefficient (Wildman–Crippen LogP) is 5.22. The van der Waals surface area contributed by atoms with Gasteiger partial charge in [-0.2, -0.15) is 5.26 Å². The van der Waals surface area contributed by atoms with Gasteiger partial charge in [-0.05, 0) is 29.3 Å². The van der Waals surface area contributed by atoms with Gasteiger partial charge in [0.25, 0.3) is 6.43 Å². The minimum absolute atomic E-state index is 0.119. The lowest BCUT2D eigenvalue weighted by Crippen LogP contribution is -2.25. The molecule has 0 amide bonds. The molecule has 4 nitrogen and oxygen atoms in total. The molecule has 0 spiro atoms. The van der Waals surface area contributed by atoms with Crippen LogP contribution in [0.1, 0.15) is 24.0 Å². The van der Waals surface area contributed by atoms with Crippen LogP contribution >= 0.6 is 0 Å². The summed E-state index contributed by atoms with van der Waals surface area (Å²) >= 11 is 0. The smallest absolute Gasteiger partial charge is 0.265 e. The van der Waals surface area contributed by atoms with Crippen LogP contribution in [-0.4, -0.2) is 24.2 Å². The SMILES string of the molecule is N#Cc1ccc(-c2ccccc2)cc1N1CC[C@H](Oc2ccc(C(F)F)cn2)C1. The van der Waals surface area contributed by atoms with E-state index in [1.165, 1.54) is 12.1 Å². The summed E-state index contributed by atoms with van der Waals surface area (Å²) in [6.45, 7) is 1.35. The van der Waals surface area contributed by atoms with E-state index in [0.717, 1.165) is 36.0 Å². The maximum Gasteiger partial charge on any atom is 0.265 e. The van der Waals surface area contributed by atoms with Crippen molar-refractivity contribution in [2.24, 2.45) is 0 Å². The number of nitrogens with zero attached hydrogens (tertiary/aromatic N) is 3. The Balaban J connectivity index is 1.50. The molecule has 3 aromatic rings. The number of halogens is 2. The van der Waals surface area contributed by atoms with Crippen molar-refractivity contribution in [3.8, 4) is 23.1 Å². The first-order valence-electron chi connectivity index (χ1n) is 9.39. The van der Waals surface area contributed by atoms with Crippen LogP contribution < -0.4 is 9.64 Å². The number of hydrogen-bond donors (Lipinski definition) is 0. The molecule has 1 fully saturated rings. The third-order valence-electron chi connectivity index (χ3n) is 5.01. The van der Waals surface area contributed by atoms with Gasteiger partial charge in [-0.1, -0.05) is 36.4 Å². The van der Waals surface area contributed by atoms with E-state index in [4.69, 9.17) is 4.74 Å². The number of nitriles is 1. The first-order chi connectivity index (χ1) is 14.1. The number of hydrogen-bond acceptors (Lipinski definition) is 4. The van der Waals surface area contributed by atoms with E-state index < -0.39 is 6.43 Å². The van der Waals surface area contributed by atoms with Crippen LogP contribution in [0.3, 0.4) is 0 Å². The Morgan fingerprint density at radius 3 is 2.59 bits per heavy atom. The summed E-state index contributed by atoms with van der Waals surface area (Å²) < 4.78 is 31.2. The Morgan fingerprint density at radius 1 is 1.07 bits per heavy atom. The van der Waals surface area contributed by atoms with E-state index in [2.05, 4.69) is 16.0 Å². The predicted molar refractivity (Wildman–Crippen MR) is 107 cm³/mol. The molecule has 1 saturated heterocycles. The van der Waals surface area contributed by atoms with Crippen molar-refractivity contribution in [1.29, 1.82) is 5.26 Å². The van der Waals surface area contributed by atoms with E-state index in [1.54, 1.807) is 0 Å². The van der Waals surface area contributed by atoms with Gasteiger partial charge in [-0.3, -0.25) is 0 Å². The van der Waals surface area contributed by atoms with E-state index in [0.29, 0.717) is 18.0 Å². The molecule has 29 heavy (non-hydrogen) atoms. The van der Waals surface area contributed by atoms with Crippen LogP contribution in [0.2, 0.25) is 0 Å². The maximum atomic E-state index is 12.7. The largest absolute Gasteiger partial charge is 0.472 e. The highest BCUT2D eigenvalue weighted by atomic mass is 19.3. The van der Waals surface area contributed by atoms with E-state index in [1.807, 2.05) is 48.5 Å². The highest BCUT2D eigenvalue weighted by Gasteiger charge is 2.26. The number of aromatic nitrogens is 1. The fourth-order valence-electron chi connectivity index (χ4n) is 3.50. The van der Waals surface area contributed by atoms with Gasteiger partial charge in [-0.25, -0.2) is 13.8 Å². The standard InChI is InChI=1S/C23H19F2N3O/c24-23(25)19-8-9-22(27-14-19)29-20-10-11-28(15-20)21-12-17(6-7-18(21)13-26)16-4-2-1-3-5-16/h1-9,12,14,20,23H,10-11,15H2/t20-/m0/s1. The van der Waals surface area contributed by atoms with Gasteiger partial charge in [0.05, 0.1) is 17.8 Å². The molecule has 146 valence electrons. The fourth-order valence-corrected chi connectivity index (χ4v) is 3.50. The third-order valence-corrected chi connectivity index (χ3v) is 5.01. The lowest BCUT2D eigenvalue weighted by atomic mass is 10.0. The van der Waals surface area contributed by atoms with E-state index in [-0.39, 0.29) is 11.7 Å². The summed E-state index contributed by atoms with van der Waals surface area (Å²) in [5.41, 5.74) is 3.51. The molecule has 0 N–H and O–H groups in total. The zero-order chi connectivity index (χ0) is 20.2. The average Bonchev–Trinajstić information content (AvgIpc) is 3.22. The zero-order valence-corrected chi connectivity index (χ0v) is 15.6. The summed E-state index contributed by atoms with van der Waals surface area (Å²) in [4.78, 5) is 6.10. The van der Waals surface area contributed by atoms with Crippen LogP contribution in [-0.2, 0) is 0 Å². The van der Waals surface area contributed by atoms with Crippen molar-refractivity contribution in [2.75, 3.05) is 18.0 Å². The van der Waals surface area contributed by atoms with Gasteiger partial charge in [0.15, 0.2) is 0 Å². The van der Waals surface area contributed by atoms with Gasteiger partial charge in [-0.15, -0.1) is 0 Å². The summed E-state index contributed by atoms with van der Waals surface area (Å²) in [5, 5.41) is 9.53. The topological polar surface area (TPSA) is 49.2 Å². The highest BCUT2D eigenvalue weighted by molar-refractivity contribution is 5.72. The Kier molecular flexibility index (Phi) is 5.39. The molecule has 0 bridgehead atoms. The van der Waals surface area contributed by atoms with Crippen molar-refractivity contribution in [3.63, 3.8) is 0 Å². The second-order valence-electron chi connectivity index (χ2n) is 6.91. The first kappa shape index (κ1) is 18.9. The number of rotatable bonds is 5.